The van der Waals surface area contributed by atoms with Gasteiger partial charge in [-0.25, -0.2) is 0 Å². The molecule has 0 aromatic heterocycles. The average Bonchev–Trinajstić information content (AvgIpc) is 2.66. The summed E-state index contributed by atoms with van der Waals surface area (Å²) in [5.41, 5.74) is 1.65. The van der Waals surface area contributed by atoms with Gasteiger partial charge in [0.25, 0.3) is 0 Å². The molecule has 2 amide bonds. The smallest absolute Gasteiger partial charge is 0.242 e. The van der Waals surface area contributed by atoms with Crippen LogP contribution in [0.3, 0.4) is 0 Å². The maximum atomic E-state index is 13.0. The first-order chi connectivity index (χ1) is 12.9. The number of benzene rings is 2. The summed E-state index contributed by atoms with van der Waals surface area (Å²) in [5, 5.41) is 3.82. The number of nitrogens with zero attached hydrogens (tertiary/aromatic N) is 1. The molecule has 4 nitrogen and oxygen atoms in total. The molecule has 144 valence electrons. The Labute approximate surface area is 170 Å². The first-order valence-electron chi connectivity index (χ1n) is 8.97. The van der Waals surface area contributed by atoms with Crippen molar-refractivity contribution >= 4 is 35.0 Å². The highest BCUT2D eigenvalue weighted by Gasteiger charge is 2.26. The Morgan fingerprint density at radius 1 is 1.11 bits per heavy atom. The Hall–Kier alpha value is -2.04. The Morgan fingerprint density at radius 2 is 1.81 bits per heavy atom. The number of hydrogen-bond acceptors (Lipinski definition) is 2. The summed E-state index contributed by atoms with van der Waals surface area (Å²) in [5.74, 6) is -0.328. The number of amides is 2. The first-order valence-corrected chi connectivity index (χ1v) is 9.73. The maximum absolute atomic E-state index is 13.0. The van der Waals surface area contributed by atoms with Crippen LogP contribution in [0.2, 0.25) is 10.0 Å². The minimum atomic E-state index is -0.588. The van der Waals surface area contributed by atoms with E-state index >= 15 is 0 Å². The minimum Gasteiger partial charge on any atom is -0.354 e. The van der Waals surface area contributed by atoms with Gasteiger partial charge in [0, 0.05) is 23.1 Å². The molecule has 1 N–H and O–H groups in total. The van der Waals surface area contributed by atoms with Crippen molar-refractivity contribution in [2.45, 2.75) is 39.3 Å². The van der Waals surface area contributed by atoms with E-state index in [-0.39, 0.29) is 18.2 Å². The topological polar surface area (TPSA) is 49.4 Å². The summed E-state index contributed by atoms with van der Waals surface area (Å²) in [6.45, 7) is 4.67. The predicted molar refractivity (Wildman–Crippen MR) is 110 cm³/mol. The van der Waals surface area contributed by atoms with Crippen LogP contribution in [0.15, 0.2) is 48.5 Å². The van der Waals surface area contributed by atoms with Gasteiger partial charge in [0.15, 0.2) is 0 Å². The number of hydrogen-bond donors (Lipinski definition) is 1. The molecule has 6 heteroatoms. The fourth-order valence-corrected chi connectivity index (χ4v) is 3.16. The number of halogens is 2. The molecular weight excluding hydrogens is 383 g/mol. The normalized spacial score (nSPS) is 11.7. The number of nitrogens with one attached hydrogen (secondary N) is 1. The standard InChI is InChI=1S/C21H24Cl2N2O2/c1-3-11-24-21(27)15(2)25(14-16-7-5-4-6-8-16)20(26)12-17-9-10-18(22)13-19(17)23/h4-10,13,15H,3,11-12,14H2,1-2H3,(H,24,27)/t15-/m1/s1. The fourth-order valence-electron chi connectivity index (χ4n) is 2.69. The van der Waals surface area contributed by atoms with Gasteiger partial charge in [0.1, 0.15) is 6.04 Å². The monoisotopic (exact) mass is 406 g/mol. The molecule has 0 heterocycles. The molecule has 0 radical (unpaired) electrons. The molecule has 0 spiro atoms. The van der Waals surface area contributed by atoms with Crippen LogP contribution in [0.25, 0.3) is 0 Å². The molecule has 0 bridgehead atoms. The van der Waals surface area contributed by atoms with Crippen LogP contribution < -0.4 is 5.32 Å². The van der Waals surface area contributed by atoms with Gasteiger partial charge in [-0.15, -0.1) is 0 Å². The molecule has 2 rings (SSSR count). The van der Waals surface area contributed by atoms with Crippen molar-refractivity contribution in [2.75, 3.05) is 6.54 Å². The van der Waals surface area contributed by atoms with E-state index in [4.69, 9.17) is 23.2 Å². The number of carbonyl (C=O) groups is 2. The van der Waals surface area contributed by atoms with E-state index in [1.807, 2.05) is 37.3 Å². The molecule has 0 fully saturated rings. The Balaban J connectivity index is 2.21. The van der Waals surface area contributed by atoms with Crippen LogP contribution >= 0.6 is 23.2 Å². The van der Waals surface area contributed by atoms with E-state index in [9.17, 15) is 9.59 Å². The van der Waals surface area contributed by atoms with Crippen molar-refractivity contribution in [2.24, 2.45) is 0 Å². The predicted octanol–water partition coefficient (Wildman–Crippen LogP) is 4.48. The average molecular weight is 407 g/mol. The SMILES string of the molecule is CCCNC(=O)[C@@H](C)N(Cc1ccccc1)C(=O)Cc1ccc(Cl)cc1Cl. The van der Waals surface area contributed by atoms with Crippen LogP contribution in [0, 0.1) is 0 Å². The molecular formula is C21H24Cl2N2O2. The zero-order valence-corrected chi connectivity index (χ0v) is 17.1. The van der Waals surface area contributed by atoms with Crippen molar-refractivity contribution < 1.29 is 9.59 Å². The highest BCUT2D eigenvalue weighted by Crippen LogP contribution is 2.22. The van der Waals surface area contributed by atoms with Crippen molar-refractivity contribution in [3.05, 3.63) is 69.7 Å². The lowest BCUT2D eigenvalue weighted by molar-refractivity contribution is -0.140. The van der Waals surface area contributed by atoms with E-state index in [1.54, 1.807) is 30.0 Å². The Bertz CT molecular complexity index is 781. The lowest BCUT2D eigenvalue weighted by Gasteiger charge is -2.29. The van der Waals surface area contributed by atoms with Crippen molar-refractivity contribution in [1.29, 1.82) is 0 Å². The molecule has 2 aromatic carbocycles. The summed E-state index contributed by atoms with van der Waals surface area (Å²) in [7, 11) is 0. The van der Waals surface area contributed by atoms with Crippen LogP contribution in [-0.2, 0) is 22.6 Å². The molecule has 0 aliphatic heterocycles. The quantitative estimate of drug-likeness (QED) is 0.702. The summed E-state index contributed by atoms with van der Waals surface area (Å²) in [6.07, 6.45) is 0.944. The molecule has 2 aromatic rings. The third-order valence-electron chi connectivity index (χ3n) is 4.27. The van der Waals surface area contributed by atoms with Gasteiger partial charge in [-0.2, -0.15) is 0 Å². The lowest BCUT2D eigenvalue weighted by Crippen LogP contribution is -2.48. The molecule has 0 unspecified atom stereocenters. The van der Waals surface area contributed by atoms with E-state index in [1.165, 1.54) is 0 Å². The summed E-state index contributed by atoms with van der Waals surface area (Å²) < 4.78 is 0. The van der Waals surface area contributed by atoms with Crippen LogP contribution in [0.4, 0.5) is 0 Å². The Kier molecular flexibility index (Phi) is 8.14. The molecule has 0 saturated heterocycles. The van der Waals surface area contributed by atoms with Gasteiger partial charge >= 0.3 is 0 Å². The highest BCUT2D eigenvalue weighted by atomic mass is 35.5. The first kappa shape index (κ1) is 21.3. The van der Waals surface area contributed by atoms with E-state index in [0.717, 1.165) is 12.0 Å². The molecule has 27 heavy (non-hydrogen) atoms. The second-order valence-corrected chi connectivity index (χ2v) is 7.23. The largest absolute Gasteiger partial charge is 0.354 e. The van der Waals surface area contributed by atoms with Gasteiger partial charge in [0.05, 0.1) is 6.42 Å². The second-order valence-electron chi connectivity index (χ2n) is 6.39. The van der Waals surface area contributed by atoms with Crippen molar-refractivity contribution in [3.63, 3.8) is 0 Å². The van der Waals surface area contributed by atoms with Gasteiger partial charge in [0.2, 0.25) is 11.8 Å². The summed E-state index contributed by atoms with van der Waals surface area (Å²) in [4.78, 5) is 27.1. The van der Waals surface area contributed by atoms with Gasteiger partial charge in [-0.3, -0.25) is 9.59 Å². The summed E-state index contributed by atoms with van der Waals surface area (Å²) in [6, 6.07) is 14.1. The molecule has 0 saturated carbocycles. The second kappa shape index (κ2) is 10.3. The number of rotatable bonds is 8. The minimum absolute atomic E-state index is 0.105. The van der Waals surface area contributed by atoms with Crippen molar-refractivity contribution in [1.82, 2.24) is 10.2 Å². The summed E-state index contributed by atoms with van der Waals surface area (Å²) >= 11 is 12.1. The maximum Gasteiger partial charge on any atom is 0.242 e. The third kappa shape index (κ3) is 6.26. The zero-order chi connectivity index (χ0) is 19.8. The molecule has 0 aliphatic rings. The van der Waals surface area contributed by atoms with Crippen LogP contribution in [-0.4, -0.2) is 29.3 Å². The van der Waals surface area contributed by atoms with Gasteiger partial charge in [-0.1, -0.05) is 66.5 Å². The highest BCUT2D eigenvalue weighted by molar-refractivity contribution is 6.35. The van der Waals surface area contributed by atoms with Crippen molar-refractivity contribution in [3.8, 4) is 0 Å². The van der Waals surface area contributed by atoms with E-state index in [2.05, 4.69) is 5.32 Å². The fraction of sp³-hybridized carbons (Fsp3) is 0.333. The van der Waals surface area contributed by atoms with E-state index in [0.29, 0.717) is 28.7 Å². The molecule has 1 atom stereocenters. The van der Waals surface area contributed by atoms with Gasteiger partial charge in [-0.05, 0) is 36.6 Å². The lowest BCUT2D eigenvalue weighted by atomic mass is 10.1. The zero-order valence-electron chi connectivity index (χ0n) is 15.5. The van der Waals surface area contributed by atoms with Crippen LogP contribution in [0.1, 0.15) is 31.4 Å². The third-order valence-corrected chi connectivity index (χ3v) is 4.86. The Morgan fingerprint density at radius 3 is 2.44 bits per heavy atom. The van der Waals surface area contributed by atoms with Crippen LogP contribution in [0.5, 0.6) is 0 Å². The van der Waals surface area contributed by atoms with E-state index < -0.39 is 6.04 Å². The van der Waals surface area contributed by atoms with Gasteiger partial charge < -0.3 is 10.2 Å². The molecule has 0 aliphatic carbocycles. The number of carbonyl (C=O) groups excluding carboxylic acids is 2.